The van der Waals surface area contributed by atoms with E-state index in [9.17, 15) is 19.2 Å². The van der Waals surface area contributed by atoms with E-state index in [1.807, 2.05) is 6.92 Å². The molecule has 1 aliphatic heterocycles. The highest BCUT2D eigenvalue weighted by atomic mass is 16.6. The number of ether oxygens (including phenoxy) is 3. The zero-order valence-corrected chi connectivity index (χ0v) is 21.1. The van der Waals surface area contributed by atoms with Gasteiger partial charge in [0.05, 0.1) is 25.5 Å². The first kappa shape index (κ1) is 26.2. The Hall–Kier alpha value is -4.87. The van der Waals surface area contributed by atoms with Crippen LogP contribution in [0.15, 0.2) is 57.9 Å². The molecule has 0 aliphatic carbocycles. The van der Waals surface area contributed by atoms with E-state index < -0.39 is 17.2 Å². The summed E-state index contributed by atoms with van der Waals surface area (Å²) >= 11 is 0. The molecule has 4 rings (SSSR count). The average Bonchev–Trinajstić information content (AvgIpc) is 2.93. The van der Waals surface area contributed by atoms with Gasteiger partial charge in [-0.05, 0) is 43.2 Å². The number of benzene rings is 1. The van der Waals surface area contributed by atoms with Gasteiger partial charge < -0.3 is 24.8 Å². The van der Waals surface area contributed by atoms with Crippen molar-refractivity contribution in [3.63, 3.8) is 0 Å². The fraction of sp³-hybridized carbons (Fsp3) is 0.269. The lowest BCUT2D eigenvalue weighted by atomic mass is 10.2. The van der Waals surface area contributed by atoms with Gasteiger partial charge in [0.1, 0.15) is 13.2 Å². The van der Waals surface area contributed by atoms with Crippen molar-refractivity contribution in [1.82, 2.24) is 19.4 Å². The van der Waals surface area contributed by atoms with Gasteiger partial charge in [0.2, 0.25) is 11.6 Å². The number of amides is 2. The first-order chi connectivity index (χ1) is 18.3. The Morgan fingerprint density at radius 2 is 1.89 bits per heavy atom. The number of carbonyl (C=O) groups excluding carboxylic acids is 2. The number of aromatic nitrogens is 3. The molecule has 1 aromatic carbocycles. The number of pyridine rings is 1. The minimum atomic E-state index is -0.760. The number of hydrogen-bond donors (Lipinski definition) is 2. The van der Waals surface area contributed by atoms with Gasteiger partial charge in [0.25, 0.3) is 5.56 Å². The maximum Gasteiger partial charge on any atom is 0.375 e. The Kier molecular flexibility index (Phi) is 7.90. The first-order valence-corrected chi connectivity index (χ1v) is 11.8. The van der Waals surface area contributed by atoms with Crippen molar-refractivity contribution in [2.75, 3.05) is 19.0 Å². The Bertz CT molecular complexity index is 1510. The van der Waals surface area contributed by atoms with Crippen LogP contribution in [0, 0.1) is 6.92 Å². The molecule has 198 valence electrons. The minimum Gasteiger partial charge on any atom is -0.481 e. The van der Waals surface area contributed by atoms with E-state index >= 15 is 0 Å². The summed E-state index contributed by atoms with van der Waals surface area (Å²) in [4.78, 5) is 54.6. The Balaban J connectivity index is 1.54. The SMILES string of the molecule is CCNC(=O)Nc1ccc(Cn2c(=O)c(C)c3n(c2=O)C=C(C(=O)OCc2ccnc(OC)c2)OC3)cc1. The molecule has 2 N–H and O–H groups in total. The molecule has 12 heteroatoms. The third kappa shape index (κ3) is 5.75. The highest BCUT2D eigenvalue weighted by molar-refractivity contribution is 5.90. The molecular formula is C26H27N5O7. The van der Waals surface area contributed by atoms with Crippen LogP contribution in [0.4, 0.5) is 10.5 Å². The van der Waals surface area contributed by atoms with Crippen LogP contribution < -0.4 is 26.6 Å². The van der Waals surface area contributed by atoms with Crippen molar-refractivity contribution in [3.05, 3.63) is 91.6 Å². The lowest BCUT2D eigenvalue weighted by Crippen LogP contribution is -2.43. The molecule has 0 fully saturated rings. The molecule has 0 saturated heterocycles. The van der Waals surface area contributed by atoms with Crippen LogP contribution in [-0.2, 0) is 34.0 Å². The van der Waals surface area contributed by atoms with Gasteiger partial charge in [-0.15, -0.1) is 0 Å². The van der Waals surface area contributed by atoms with Crippen LogP contribution in [0.1, 0.15) is 29.3 Å². The van der Waals surface area contributed by atoms with E-state index in [0.29, 0.717) is 40.5 Å². The summed E-state index contributed by atoms with van der Waals surface area (Å²) in [7, 11) is 1.48. The number of rotatable bonds is 8. The summed E-state index contributed by atoms with van der Waals surface area (Å²) < 4.78 is 18.2. The van der Waals surface area contributed by atoms with Gasteiger partial charge in [-0.1, -0.05) is 12.1 Å². The third-order valence-electron chi connectivity index (χ3n) is 5.81. The third-order valence-corrected chi connectivity index (χ3v) is 5.81. The van der Waals surface area contributed by atoms with Gasteiger partial charge in [0.15, 0.2) is 0 Å². The predicted molar refractivity (Wildman–Crippen MR) is 138 cm³/mol. The van der Waals surface area contributed by atoms with E-state index in [2.05, 4.69) is 15.6 Å². The number of methoxy groups -OCH3 is 1. The summed E-state index contributed by atoms with van der Waals surface area (Å²) in [6.07, 6.45) is 2.77. The number of fused-ring (bicyclic) bond motifs is 1. The largest absolute Gasteiger partial charge is 0.481 e. The van der Waals surface area contributed by atoms with Crippen molar-refractivity contribution in [3.8, 4) is 5.88 Å². The molecule has 0 unspecified atom stereocenters. The minimum absolute atomic E-state index is 0.00141. The summed E-state index contributed by atoms with van der Waals surface area (Å²) in [5.74, 6) is -0.538. The number of hydrogen-bond acceptors (Lipinski definition) is 8. The average molecular weight is 522 g/mol. The highest BCUT2D eigenvalue weighted by Gasteiger charge is 2.24. The topological polar surface area (TPSA) is 143 Å². The number of anilines is 1. The van der Waals surface area contributed by atoms with Gasteiger partial charge in [-0.25, -0.2) is 19.4 Å². The number of nitrogens with one attached hydrogen (secondary N) is 2. The molecule has 0 radical (unpaired) electrons. The molecule has 0 saturated carbocycles. The van der Waals surface area contributed by atoms with E-state index in [-0.39, 0.29) is 31.5 Å². The molecule has 2 aromatic heterocycles. The molecule has 0 spiro atoms. The normalized spacial score (nSPS) is 12.0. The maximum absolute atomic E-state index is 13.3. The van der Waals surface area contributed by atoms with E-state index in [4.69, 9.17) is 14.2 Å². The van der Waals surface area contributed by atoms with Crippen LogP contribution in [-0.4, -0.2) is 39.8 Å². The Morgan fingerprint density at radius 3 is 2.61 bits per heavy atom. The number of urea groups is 1. The fourth-order valence-corrected chi connectivity index (χ4v) is 3.79. The number of esters is 1. The molecule has 0 bridgehead atoms. The molecule has 2 amide bonds. The zero-order chi connectivity index (χ0) is 27.2. The van der Waals surface area contributed by atoms with Crippen LogP contribution >= 0.6 is 0 Å². The summed E-state index contributed by atoms with van der Waals surface area (Å²) in [6.45, 7) is 3.71. The summed E-state index contributed by atoms with van der Waals surface area (Å²) in [5.41, 5.74) is 1.51. The quantitative estimate of drug-likeness (QED) is 0.429. The second-order valence-corrected chi connectivity index (χ2v) is 8.36. The van der Waals surface area contributed by atoms with Gasteiger partial charge in [0, 0.05) is 30.1 Å². The summed E-state index contributed by atoms with van der Waals surface area (Å²) in [6, 6.07) is 9.76. The van der Waals surface area contributed by atoms with Crippen molar-refractivity contribution in [2.24, 2.45) is 0 Å². The first-order valence-electron chi connectivity index (χ1n) is 11.8. The number of nitrogens with zero attached hydrogens (tertiary/aromatic N) is 3. The fourth-order valence-electron chi connectivity index (χ4n) is 3.79. The second-order valence-electron chi connectivity index (χ2n) is 8.36. The standard InChI is InChI=1S/C26H27N5O7/c1-4-27-25(34)29-19-7-5-17(6-8-19)12-31-23(32)16(2)20-15-37-21(13-30(20)26(31)35)24(33)38-14-18-9-10-28-22(11-18)36-3/h5-11,13H,4,12,14-15H2,1-3H3,(H2,27,29,34). The van der Waals surface area contributed by atoms with Crippen LogP contribution in [0.2, 0.25) is 0 Å². The molecule has 1 aliphatic rings. The molecule has 3 heterocycles. The van der Waals surface area contributed by atoms with Crippen LogP contribution in [0.25, 0.3) is 6.20 Å². The van der Waals surface area contributed by atoms with Crippen molar-refractivity contribution >= 4 is 23.9 Å². The zero-order valence-electron chi connectivity index (χ0n) is 21.1. The summed E-state index contributed by atoms with van der Waals surface area (Å²) in [5, 5.41) is 5.32. The molecular weight excluding hydrogens is 494 g/mol. The van der Waals surface area contributed by atoms with E-state index in [1.54, 1.807) is 43.3 Å². The molecule has 38 heavy (non-hydrogen) atoms. The van der Waals surface area contributed by atoms with Crippen LogP contribution in [0.5, 0.6) is 5.88 Å². The second kappa shape index (κ2) is 11.5. The van der Waals surface area contributed by atoms with E-state index in [0.717, 1.165) is 4.57 Å². The van der Waals surface area contributed by atoms with Gasteiger partial charge in [-0.2, -0.15) is 0 Å². The number of carbonyl (C=O) groups is 2. The Labute approximate surface area is 217 Å². The molecule has 3 aromatic rings. The predicted octanol–water partition coefficient (Wildman–Crippen LogP) is 1.98. The van der Waals surface area contributed by atoms with Crippen molar-refractivity contribution in [1.29, 1.82) is 0 Å². The van der Waals surface area contributed by atoms with Crippen LogP contribution in [0.3, 0.4) is 0 Å². The molecule has 0 atom stereocenters. The van der Waals surface area contributed by atoms with E-state index in [1.165, 1.54) is 24.1 Å². The van der Waals surface area contributed by atoms with Crippen molar-refractivity contribution < 1.29 is 23.8 Å². The van der Waals surface area contributed by atoms with Gasteiger partial charge >= 0.3 is 17.7 Å². The Morgan fingerprint density at radius 1 is 1.13 bits per heavy atom. The van der Waals surface area contributed by atoms with Gasteiger partial charge in [-0.3, -0.25) is 13.9 Å². The maximum atomic E-state index is 13.3. The lowest BCUT2D eigenvalue weighted by molar-refractivity contribution is -0.144. The highest BCUT2D eigenvalue weighted by Crippen LogP contribution is 2.18. The monoisotopic (exact) mass is 521 g/mol. The lowest BCUT2D eigenvalue weighted by Gasteiger charge is -2.21. The molecule has 12 nitrogen and oxygen atoms in total. The van der Waals surface area contributed by atoms with Crippen molar-refractivity contribution in [2.45, 2.75) is 33.6 Å². The smallest absolute Gasteiger partial charge is 0.375 e.